The minimum atomic E-state index is -0.919. The molecule has 0 aliphatic rings. The third-order valence-corrected chi connectivity index (χ3v) is 16.6. The highest BCUT2D eigenvalue weighted by atomic mass is 79.9. The lowest BCUT2D eigenvalue weighted by atomic mass is 9.78. The van der Waals surface area contributed by atoms with Crippen molar-refractivity contribution in [2.45, 2.75) is 57.7 Å². The van der Waals surface area contributed by atoms with Crippen LogP contribution >= 0.6 is 175 Å². The zero-order valence-electron chi connectivity index (χ0n) is 32.4. The number of hydrogen-bond donors (Lipinski definition) is 2. The number of aliphatic hydroxyl groups excluding tert-OH is 2. The van der Waals surface area contributed by atoms with E-state index in [1.54, 1.807) is 0 Å². The maximum Gasteiger partial charge on any atom is 0.147 e. The Morgan fingerprint density at radius 3 is 0.817 bits per heavy atom. The van der Waals surface area contributed by atoms with Crippen molar-refractivity contribution in [1.82, 2.24) is 0 Å². The van der Waals surface area contributed by atoms with Crippen LogP contribution in [0.2, 0.25) is 0 Å². The standard InChI is InChI=1S/C43H37Br11O6/c1-20-28(45)6-21(7-29(20)46)42(2,3)22-8-30(47)38(31(48)9-22)57-16-26(55)17-58-39-32(49)10-23(11-33(39)50)43(4,5)24-12-34(51)40(35(52)13-24)59-18-27(56)19-60-41-36(53)14-25(44)15-37(41)54/h6-15,26-27,55-56H,16-19H2,1-5H3. The van der Waals surface area contributed by atoms with Gasteiger partial charge in [0.25, 0.3) is 0 Å². The molecule has 2 N–H and O–H groups in total. The van der Waals surface area contributed by atoms with Crippen molar-refractivity contribution >= 4 is 175 Å². The summed E-state index contributed by atoms with van der Waals surface area (Å²) >= 11 is 40.0. The zero-order valence-corrected chi connectivity index (χ0v) is 49.9. The van der Waals surface area contributed by atoms with Gasteiger partial charge >= 0.3 is 0 Å². The van der Waals surface area contributed by atoms with Crippen molar-refractivity contribution in [2.75, 3.05) is 26.4 Å². The van der Waals surface area contributed by atoms with Crippen LogP contribution in [-0.2, 0) is 10.8 Å². The Hall–Kier alpha value is 0.500. The predicted molar refractivity (Wildman–Crippen MR) is 280 cm³/mol. The average Bonchev–Trinajstić information content (AvgIpc) is 3.15. The quantitative estimate of drug-likeness (QED) is 0.103. The second-order valence-corrected chi connectivity index (χ2v) is 24.3. The summed E-state index contributed by atoms with van der Waals surface area (Å²) in [5.41, 5.74) is 4.63. The van der Waals surface area contributed by atoms with Gasteiger partial charge in [0.05, 0.1) is 35.8 Å². The fourth-order valence-electron chi connectivity index (χ4n) is 6.00. The Bertz CT molecular complexity index is 2270. The van der Waals surface area contributed by atoms with E-state index in [-0.39, 0.29) is 31.8 Å². The van der Waals surface area contributed by atoms with Gasteiger partial charge in [0.15, 0.2) is 0 Å². The van der Waals surface area contributed by atoms with E-state index in [0.29, 0.717) is 23.0 Å². The molecule has 0 radical (unpaired) electrons. The average molecular weight is 1530 g/mol. The maximum atomic E-state index is 11.0. The van der Waals surface area contributed by atoms with E-state index in [9.17, 15) is 10.2 Å². The molecule has 0 aliphatic carbocycles. The Morgan fingerprint density at radius 1 is 0.383 bits per heavy atom. The van der Waals surface area contributed by atoms with Crippen molar-refractivity contribution in [3.63, 3.8) is 0 Å². The summed E-state index contributed by atoms with van der Waals surface area (Å²) in [4.78, 5) is 0. The molecule has 5 rings (SSSR count). The molecule has 0 amide bonds. The first-order chi connectivity index (χ1) is 28.0. The number of aliphatic hydroxyl groups is 2. The first-order valence-electron chi connectivity index (χ1n) is 18.0. The van der Waals surface area contributed by atoms with Crippen LogP contribution in [0.1, 0.15) is 55.5 Å². The van der Waals surface area contributed by atoms with E-state index in [2.05, 4.69) is 234 Å². The minimum Gasteiger partial charge on any atom is -0.488 e. The van der Waals surface area contributed by atoms with Gasteiger partial charge in [-0.1, -0.05) is 75.5 Å². The van der Waals surface area contributed by atoms with Crippen molar-refractivity contribution in [3.8, 4) is 23.0 Å². The largest absolute Gasteiger partial charge is 0.488 e. The van der Waals surface area contributed by atoms with Crippen LogP contribution in [0.25, 0.3) is 0 Å². The Balaban J connectivity index is 1.20. The molecule has 0 spiro atoms. The molecular formula is C43H37Br11O6. The van der Waals surface area contributed by atoms with Gasteiger partial charge in [0.2, 0.25) is 0 Å². The van der Waals surface area contributed by atoms with E-state index in [1.165, 1.54) is 0 Å². The lowest BCUT2D eigenvalue weighted by Crippen LogP contribution is -2.26. The van der Waals surface area contributed by atoms with Crippen LogP contribution in [0.4, 0.5) is 0 Å². The van der Waals surface area contributed by atoms with E-state index in [1.807, 2.05) is 36.4 Å². The molecule has 322 valence electrons. The normalized spacial score (nSPS) is 13.0. The van der Waals surface area contributed by atoms with Gasteiger partial charge in [0, 0.05) is 24.2 Å². The van der Waals surface area contributed by atoms with Gasteiger partial charge in [-0.25, -0.2) is 0 Å². The molecule has 0 bridgehead atoms. The van der Waals surface area contributed by atoms with Crippen LogP contribution < -0.4 is 18.9 Å². The second-order valence-electron chi connectivity index (χ2n) is 14.9. The Labute approximate surface area is 443 Å². The summed E-state index contributed by atoms with van der Waals surface area (Å²) in [6, 6.07) is 20.2. The summed E-state index contributed by atoms with van der Waals surface area (Å²) in [6.07, 6.45) is -1.81. The molecule has 2 atom stereocenters. The van der Waals surface area contributed by atoms with E-state index in [4.69, 9.17) is 18.9 Å². The highest BCUT2D eigenvalue weighted by molar-refractivity contribution is 9.12. The van der Waals surface area contributed by atoms with Crippen molar-refractivity contribution < 1.29 is 29.2 Å². The molecule has 0 fully saturated rings. The minimum absolute atomic E-state index is 0.00101. The molecular weight excluding hydrogens is 1490 g/mol. The van der Waals surface area contributed by atoms with E-state index >= 15 is 0 Å². The summed E-state index contributed by atoms with van der Waals surface area (Å²) in [6.45, 7) is 10.7. The zero-order chi connectivity index (χ0) is 44.4. The fourth-order valence-corrected chi connectivity index (χ4v) is 13.9. The second kappa shape index (κ2) is 21.9. The van der Waals surface area contributed by atoms with Gasteiger partial charge in [-0.3, -0.25) is 0 Å². The SMILES string of the molecule is Cc1c(Br)cc(C(C)(C)c2cc(Br)c(OCC(O)COc3c(Br)cc(C(C)(C)c4cc(Br)c(OCC(O)COc5c(Br)cc(Br)cc5Br)c(Br)c4)cc3Br)c(Br)c2)cc1Br. The summed E-state index contributed by atoms with van der Waals surface area (Å²) < 4.78 is 33.1. The number of rotatable bonds is 16. The molecule has 0 heterocycles. The number of hydrogen-bond acceptors (Lipinski definition) is 6. The maximum absolute atomic E-state index is 11.0. The monoisotopic (exact) mass is 1520 g/mol. The van der Waals surface area contributed by atoms with Crippen molar-refractivity contribution in [3.05, 3.63) is 138 Å². The smallest absolute Gasteiger partial charge is 0.147 e. The van der Waals surface area contributed by atoms with Gasteiger partial charge in [0.1, 0.15) is 61.6 Å². The number of ether oxygens (including phenoxy) is 4. The molecule has 5 aromatic rings. The highest BCUT2D eigenvalue weighted by Gasteiger charge is 2.29. The molecule has 0 saturated carbocycles. The topological polar surface area (TPSA) is 77.4 Å². The van der Waals surface area contributed by atoms with E-state index in [0.717, 1.165) is 77.0 Å². The van der Waals surface area contributed by atoms with E-state index < -0.39 is 17.6 Å². The van der Waals surface area contributed by atoms with Crippen molar-refractivity contribution in [1.29, 1.82) is 0 Å². The Kier molecular flexibility index (Phi) is 18.8. The summed E-state index contributed by atoms with van der Waals surface area (Å²) in [5, 5.41) is 21.6. The Morgan fingerprint density at radius 2 is 0.583 bits per heavy atom. The predicted octanol–water partition coefficient (Wildman–Crippen LogP) is 16.7. The van der Waals surface area contributed by atoms with Crippen LogP contribution in [0.5, 0.6) is 23.0 Å². The van der Waals surface area contributed by atoms with Gasteiger partial charge in [-0.15, -0.1) is 0 Å². The molecule has 6 nitrogen and oxygen atoms in total. The first-order valence-corrected chi connectivity index (χ1v) is 26.7. The highest BCUT2D eigenvalue weighted by Crippen LogP contribution is 2.46. The molecule has 0 aliphatic heterocycles. The van der Waals surface area contributed by atoms with Crippen LogP contribution in [-0.4, -0.2) is 48.8 Å². The van der Waals surface area contributed by atoms with Crippen LogP contribution in [0, 0.1) is 6.92 Å². The van der Waals surface area contributed by atoms with Gasteiger partial charge in [-0.05, 0) is 223 Å². The molecule has 17 heteroatoms. The van der Waals surface area contributed by atoms with Crippen LogP contribution in [0.3, 0.4) is 0 Å². The lowest BCUT2D eigenvalue weighted by molar-refractivity contribution is 0.0615. The van der Waals surface area contributed by atoms with Gasteiger partial charge < -0.3 is 29.2 Å². The third kappa shape index (κ3) is 12.5. The fraction of sp³-hybridized carbons (Fsp3) is 0.302. The third-order valence-electron chi connectivity index (χ3n) is 9.81. The molecule has 5 aromatic carbocycles. The van der Waals surface area contributed by atoms with Crippen molar-refractivity contribution in [2.24, 2.45) is 0 Å². The summed E-state index contributed by atoms with van der Waals surface area (Å²) in [5.74, 6) is 2.31. The molecule has 0 aromatic heterocycles. The summed E-state index contributed by atoms with van der Waals surface area (Å²) in [7, 11) is 0. The first kappa shape index (κ1) is 51.5. The molecule has 60 heavy (non-hydrogen) atoms. The van der Waals surface area contributed by atoms with Gasteiger partial charge in [-0.2, -0.15) is 0 Å². The number of benzene rings is 5. The lowest BCUT2D eigenvalue weighted by Gasteiger charge is -2.29. The van der Waals surface area contributed by atoms with Crippen LogP contribution in [0.15, 0.2) is 110 Å². The molecule has 2 unspecified atom stereocenters. The number of halogens is 11. The molecule has 0 saturated heterocycles.